The van der Waals surface area contributed by atoms with Gasteiger partial charge in [0.2, 0.25) is 0 Å². The highest BCUT2D eigenvalue weighted by molar-refractivity contribution is 5.87. The second kappa shape index (κ2) is 8.84. The molecule has 0 aromatic heterocycles. The van der Waals surface area contributed by atoms with Crippen LogP contribution in [-0.2, 0) is 9.53 Å². The largest absolute Gasteiger partial charge is 0.455 e. The number of carbonyl (C=O) groups is 1. The Kier molecular flexibility index (Phi) is 6.01. The van der Waals surface area contributed by atoms with E-state index in [0.29, 0.717) is 16.4 Å². The molecular formula is C34H52O3. The van der Waals surface area contributed by atoms with Crippen LogP contribution in [0.5, 0.6) is 0 Å². The minimum Gasteiger partial charge on any atom is -0.455 e. The van der Waals surface area contributed by atoms with E-state index in [0.717, 1.165) is 61.2 Å². The van der Waals surface area contributed by atoms with Crippen LogP contribution < -0.4 is 0 Å². The molecule has 8 bridgehead atoms. The van der Waals surface area contributed by atoms with Gasteiger partial charge in [0.05, 0.1) is 5.60 Å². The zero-order chi connectivity index (χ0) is 25.5. The van der Waals surface area contributed by atoms with Crippen molar-refractivity contribution in [3.8, 4) is 0 Å². The molecule has 10 aliphatic rings. The molecule has 0 unspecified atom stereocenters. The predicted molar refractivity (Wildman–Crippen MR) is 147 cm³/mol. The first-order valence-corrected chi connectivity index (χ1v) is 16.3. The molecule has 3 heteroatoms. The molecule has 0 saturated heterocycles. The fourth-order valence-corrected chi connectivity index (χ4v) is 12.8. The van der Waals surface area contributed by atoms with Gasteiger partial charge < -0.3 is 9.84 Å². The van der Waals surface area contributed by atoms with Crippen LogP contribution in [0.15, 0.2) is 12.2 Å². The standard InChI is InChI=1S/C19H28O2.C15H24O/c1-13(2)17(20)21-19(5-3-4-6-19)18-10-14-7-15(11-18)9-16(8-14)12-18;16-15(3-1-2-4-15)14-8-11-5-12(9-14)7-13(6-11)10-14/h14-16H,1,3-12H2,2H3;11-13,16H,1-10H2. The summed E-state index contributed by atoms with van der Waals surface area (Å²) in [6, 6.07) is 0. The summed E-state index contributed by atoms with van der Waals surface area (Å²) in [5.41, 5.74) is 0.843. The maximum Gasteiger partial charge on any atom is 0.333 e. The summed E-state index contributed by atoms with van der Waals surface area (Å²) < 4.78 is 6.21. The van der Waals surface area contributed by atoms with Gasteiger partial charge in [-0.25, -0.2) is 4.79 Å². The second-order valence-corrected chi connectivity index (χ2v) is 16.0. The molecule has 37 heavy (non-hydrogen) atoms. The third-order valence-corrected chi connectivity index (χ3v) is 13.5. The third kappa shape index (κ3) is 4.02. The first kappa shape index (κ1) is 25.2. The lowest BCUT2D eigenvalue weighted by Crippen LogP contribution is -2.59. The molecule has 10 rings (SSSR count). The number of esters is 1. The fourth-order valence-electron chi connectivity index (χ4n) is 12.8. The number of hydrogen-bond donors (Lipinski definition) is 1. The van der Waals surface area contributed by atoms with Crippen molar-refractivity contribution in [1.29, 1.82) is 0 Å². The van der Waals surface area contributed by atoms with E-state index < -0.39 is 0 Å². The van der Waals surface area contributed by atoms with E-state index in [1.165, 1.54) is 103 Å². The highest BCUT2D eigenvalue weighted by Gasteiger charge is 2.63. The second-order valence-electron chi connectivity index (χ2n) is 16.0. The van der Waals surface area contributed by atoms with Crippen molar-refractivity contribution in [3.63, 3.8) is 0 Å². The summed E-state index contributed by atoms with van der Waals surface area (Å²) in [5, 5.41) is 11.1. The maximum absolute atomic E-state index is 12.3. The van der Waals surface area contributed by atoms with Crippen molar-refractivity contribution in [2.75, 3.05) is 0 Å². The van der Waals surface area contributed by atoms with Gasteiger partial charge in [0.15, 0.2) is 0 Å². The van der Waals surface area contributed by atoms with Crippen LogP contribution in [0.3, 0.4) is 0 Å². The quantitative estimate of drug-likeness (QED) is 0.308. The van der Waals surface area contributed by atoms with Gasteiger partial charge in [-0.05, 0) is 163 Å². The lowest BCUT2D eigenvalue weighted by molar-refractivity contribution is -0.204. The first-order valence-electron chi connectivity index (χ1n) is 16.3. The molecule has 0 aromatic rings. The molecule has 0 heterocycles. The molecule has 0 amide bonds. The van der Waals surface area contributed by atoms with Gasteiger partial charge in [-0.3, -0.25) is 0 Å². The highest BCUT2D eigenvalue weighted by Crippen LogP contribution is 2.68. The molecular weight excluding hydrogens is 456 g/mol. The van der Waals surface area contributed by atoms with Crippen molar-refractivity contribution in [2.45, 2.75) is 147 Å². The summed E-state index contributed by atoms with van der Waals surface area (Å²) in [5.74, 6) is 5.54. The Morgan fingerprint density at radius 2 is 1.00 bits per heavy atom. The van der Waals surface area contributed by atoms with Gasteiger partial charge >= 0.3 is 5.97 Å². The summed E-state index contributed by atoms with van der Waals surface area (Å²) >= 11 is 0. The minimum absolute atomic E-state index is 0.146. The lowest BCUT2D eigenvalue weighted by Gasteiger charge is -2.62. The van der Waals surface area contributed by atoms with Crippen molar-refractivity contribution >= 4 is 5.97 Å². The summed E-state index contributed by atoms with van der Waals surface area (Å²) in [7, 11) is 0. The Bertz CT molecular complexity index is 847. The molecule has 206 valence electrons. The van der Waals surface area contributed by atoms with Crippen molar-refractivity contribution in [2.24, 2.45) is 46.3 Å². The van der Waals surface area contributed by atoms with Crippen LogP contribution in [0, 0.1) is 46.3 Å². The van der Waals surface area contributed by atoms with Crippen LogP contribution in [-0.4, -0.2) is 22.3 Å². The highest BCUT2D eigenvalue weighted by atomic mass is 16.6. The fraction of sp³-hybridized carbons (Fsp3) is 0.912. The molecule has 1 N–H and O–H groups in total. The molecule has 0 radical (unpaired) electrons. The van der Waals surface area contributed by atoms with Gasteiger partial charge in [0.25, 0.3) is 0 Å². The van der Waals surface area contributed by atoms with Crippen LogP contribution in [0.1, 0.15) is 135 Å². The van der Waals surface area contributed by atoms with E-state index in [2.05, 4.69) is 6.58 Å². The summed E-state index contributed by atoms with van der Waals surface area (Å²) in [6.45, 7) is 5.58. The van der Waals surface area contributed by atoms with Crippen LogP contribution in [0.25, 0.3) is 0 Å². The normalized spacial score (nSPS) is 47.5. The predicted octanol–water partition coefficient (Wildman–Crippen LogP) is 8.14. The molecule has 10 saturated carbocycles. The average molecular weight is 509 g/mol. The summed E-state index contributed by atoms with van der Waals surface area (Å²) in [4.78, 5) is 12.3. The van der Waals surface area contributed by atoms with Gasteiger partial charge in [0.1, 0.15) is 5.60 Å². The molecule has 10 aliphatic carbocycles. The SMILES string of the molecule is C=C(C)C(=O)OC1(C23CC4CC(CC(C4)C2)C3)CCCC1.OC1(C23CC4CC(CC(C4)C2)C3)CCCC1. The Hall–Kier alpha value is -0.830. The maximum atomic E-state index is 12.3. The Labute approximate surface area is 225 Å². The smallest absolute Gasteiger partial charge is 0.333 e. The van der Waals surface area contributed by atoms with Crippen LogP contribution >= 0.6 is 0 Å². The molecule has 0 aromatic carbocycles. The van der Waals surface area contributed by atoms with Gasteiger partial charge in [-0.15, -0.1) is 0 Å². The lowest BCUT2D eigenvalue weighted by atomic mass is 9.45. The van der Waals surface area contributed by atoms with Gasteiger partial charge in [-0.2, -0.15) is 0 Å². The number of ether oxygens (including phenoxy) is 1. The van der Waals surface area contributed by atoms with E-state index in [4.69, 9.17) is 4.74 Å². The number of rotatable bonds is 4. The monoisotopic (exact) mass is 508 g/mol. The molecule has 0 aliphatic heterocycles. The van der Waals surface area contributed by atoms with E-state index in [-0.39, 0.29) is 17.2 Å². The Morgan fingerprint density at radius 1 is 0.649 bits per heavy atom. The van der Waals surface area contributed by atoms with Crippen molar-refractivity contribution in [3.05, 3.63) is 12.2 Å². The zero-order valence-corrected chi connectivity index (χ0v) is 23.6. The molecule has 10 fully saturated rings. The summed E-state index contributed by atoms with van der Waals surface area (Å²) in [6.07, 6.45) is 26.3. The topological polar surface area (TPSA) is 46.5 Å². The van der Waals surface area contributed by atoms with Gasteiger partial charge in [-0.1, -0.05) is 19.4 Å². The number of carbonyl (C=O) groups excluding carboxylic acids is 1. The number of aliphatic hydroxyl groups is 1. The van der Waals surface area contributed by atoms with E-state index >= 15 is 0 Å². The zero-order valence-electron chi connectivity index (χ0n) is 23.6. The van der Waals surface area contributed by atoms with E-state index in [9.17, 15) is 9.90 Å². The molecule has 0 spiro atoms. The Balaban J connectivity index is 0.000000129. The molecule has 0 atom stereocenters. The van der Waals surface area contributed by atoms with Crippen molar-refractivity contribution in [1.82, 2.24) is 0 Å². The van der Waals surface area contributed by atoms with Gasteiger partial charge in [0, 0.05) is 11.0 Å². The van der Waals surface area contributed by atoms with Crippen LogP contribution in [0.2, 0.25) is 0 Å². The van der Waals surface area contributed by atoms with E-state index in [1.54, 1.807) is 6.92 Å². The first-order chi connectivity index (χ1) is 17.7. The van der Waals surface area contributed by atoms with Crippen molar-refractivity contribution < 1.29 is 14.6 Å². The van der Waals surface area contributed by atoms with E-state index in [1.807, 2.05) is 0 Å². The third-order valence-electron chi connectivity index (χ3n) is 13.5. The average Bonchev–Trinajstić information content (AvgIpc) is 3.49. The minimum atomic E-state index is -0.247. The van der Waals surface area contributed by atoms with Crippen LogP contribution in [0.4, 0.5) is 0 Å². The molecule has 3 nitrogen and oxygen atoms in total. The Morgan fingerprint density at radius 3 is 1.38 bits per heavy atom. The number of hydrogen-bond acceptors (Lipinski definition) is 3.